The van der Waals surface area contributed by atoms with E-state index in [9.17, 15) is 0 Å². The Morgan fingerprint density at radius 1 is 1.41 bits per heavy atom. The van der Waals surface area contributed by atoms with Gasteiger partial charge in [-0.05, 0) is 36.2 Å². The molecule has 0 unspecified atom stereocenters. The molecule has 0 radical (unpaired) electrons. The summed E-state index contributed by atoms with van der Waals surface area (Å²) >= 11 is 0. The van der Waals surface area contributed by atoms with Crippen molar-refractivity contribution < 1.29 is 5.21 Å². The van der Waals surface area contributed by atoms with Crippen LogP contribution in [0.5, 0.6) is 0 Å². The van der Waals surface area contributed by atoms with E-state index in [1.807, 2.05) is 18.3 Å². The van der Waals surface area contributed by atoms with Crippen molar-refractivity contribution in [2.24, 2.45) is 16.6 Å². The Hall–Kier alpha value is -2.01. The van der Waals surface area contributed by atoms with Gasteiger partial charge >= 0.3 is 0 Å². The molecule has 0 bridgehead atoms. The molecule has 5 heteroatoms. The monoisotopic (exact) mass is 232 g/mol. The Kier molecular flexibility index (Phi) is 3.30. The third-order valence-corrected chi connectivity index (χ3v) is 2.76. The average Bonchev–Trinajstić information content (AvgIpc) is 2.73. The van der Waals surface area contributed by atoms with E-state index in [1.165, 1.54) is 5.56 Å². The topological polar surface area (TPSA) is 100 Å². The Labute approximate surface area is 99.1 Å². The molecular weight excluding hydrogens is 216 g/mol. The fourth-order valence-electron chi connectivity index (χ4n) is 1.94. The number of H-pyrrole nitrogens is 1. The molecule has 1 heterocycles. The van der Waals surface area contributed by atoms with Crippen molar-refractivity contribution >= 4 is 16.7 Å². The second-order valence-corrected chi connectivity index (χ2v) is 4.00. The molecule has 0 spiro atoms. The van der Waals surface area contributed by atoms with E-state index in [2.05, 4.69) is 16.2 Å². The van der Waals surface area contributed by atoms with E-state index < -0.39 is 0 Å². The first kappa shape index (κ1) is 11.5. The first-order valence-corrected chi connectivity index (χ1v) is 5.50. The second kappa shape index (κ2) is 4.88. The van der Waals surface area contributed by atoms with Crippen molar-refractivity contribution in [3.63, 3.8) is 0 Å². The van der Waals surface area contributed by atoms with E-state index in [-0.39, 0.29) is 5.84 Å². The number of aromatic amines is 1. The third-order valence-electron chi connectivity index (χ3n) is 2.76. The first-order chi connectivity index (χ1) is 8.24. The van der Waals surface area contributed by atoms with Gasteiger partial charge in [0, 0.05) is 23.5 Å². The molecule has 0 amide bonds. The Morgan fingerprint density at radius 2 is 2.24 bits per heavy atom. The summed E-state index contributed by atoms with van der Waals surface area (Å²) in [5.41, 5.74) is 14.4. The van der Waals surface area contributed by atoms with Crippen LogP contribution in [0.25, 0.3) is 10.9 Å². The normalized spacial score (nSPS) is 12.2. The number of aromatic nitrogens is 1. The number of benzene rings is 1. The Balaban J connectivity index is 2.37. The van der Waals surface area contributed by atoms with Crippen LogP contribution >= 0.6 is 0 Å². The number of nitrogens with zero attached hydrogens (tertiary/aromatic N) is 1. The summed E-state index contributed by atoms with van der Waals surface area (Å²) in [5.74, 6) is 0.209. The van der Waals surface area contributed by atoms with Crippen LogP contribution in [0, 0.1) is 0 Å². The quantitative estimate of drug-likeness (QED) is 0.273. The molecule has 0 saturated heterocycles. The minimum Gasteiger partial charge on any atom is -0.409 e. The van der Waals surface area contributed by atoms with Gasteiger partial charge in [0.1, 0.15) is 5.84 Å². The maximum Gasteiger partial charge on any atom is 0.143 e. The lowest BCUT2D eigenvalue weighted by molar-refractivity contribution is 0.317. The number of rotatable bonds is 4. The van der Waals surface area contributed by atoms with E-state index in [0.29, 0.717) is 13.0 Å². The van der Waals surface area contributed by atoms with Gasteiger partial charge < -0.3 is 21.7 Å². The predicted molar refractivity (Wildman–Crippen MR) is 68.2 cm³/mol. The fraction of sp³-hybridized carbons (Fsp3) is 0.250. The highest BCUT2D eigenvalue weighted by Crippen LogP contribution is 2.20. The lowest BCUT2D eigenvalue weighted by Crippen LogP contribution is -2.14. The maximum absolute atomic E-state index is 8.55. The highest BCUT2D eigenvalue weighted by molar-refractivity contribution is 5.87. The molecule has 5 nitrogen and oxygen atoms in total. The predicted octanol–water partition coefficient (Wildman–Crippen LogP) is 0.958. The first-order valence-electron chi connectivity index (χ1n) is 5.50. The van der Waals surface area contributed by atoms with Gasteiger partial charge in [-0.2, -0.15) is 0 Å². The van der Waals surface area contributed by atoms with Gasteiger partial charge in [-0.1, -0.05) is 11.2 Å². The van der Waals surface area contributed by atoms with Gasteiger partial charge in [0.2, 0.25) is 0 Å². The van der Waals surface area contributed by atoms with Crippen LogP contribution in [0.4, 0.5) is 0 Å². The zero-order chi connectivity index (χ0) is 12.3. The molecule has 6 N–H and O–H groups in total. The number of oxime groups is 1. The van der Waals surface area contributed by atoms with Gasteiger partial charge in [-0.3, -0.25) is 0 Å². The number of amidine groups is 1. The van der Waals surface area contributed by atoms with Crippen LogP contribution < -0.4 is 11.5 Å². The molecule has 2 rings (SSSR count). The van der Waals surface area contributed by atoms with Crippen LogP contribution in [0.3, 0.4) is 0 Å². The smallest absolute Gasteiger partial charge is 0.143 e. The highest BCUT2D eigenvalue weighted by atomic mass is 16.4. The molecule has 0 aliphatic heterocycles. The summed E-state index contributed by atoms with van der Waals surface area (Å²) in [6, 6.07) is 6.01. The lowest BCUT2D eigenvalue weighted by atomic mass is 10.1. The molecule has 1 aromatic carbocycles. The molecule has 0 fully saturated rings. The minimum atomic E-state index is 0.209. The number of nitrogens with one attached hydrogen (secondary N) is 1. The van der Waals surface area contributed by atoms with E-state index in [4.69, 9.17) is 16.7 Å². The summed E-state index contributed by atoms with van der Waals surface area (Å²) in [4.78, 5) is 3.20. The van der Waals surface area contributed by atoms with Crippen LogP contribution in [0.2, 0.25) is 0 Å². The maximum atomic E-state index is 8.55. The SMILES string of the molecule is NCCc1c[nH]c2ccc(CC(N)=NO)cc12. The van der Waals surface area contributed by atoms with Gasteiger partial charge in [0.15, 0.2) is 0 Å². The fourth-order valence-corrected chi connectivity index (χ4v) is 1.94. The van der Waals surface area contributed by atoms with Gasteiger partial charge in [0.25, 0.3) is 0 Å². The van der Waals surface area contributed by atoms with Crippen molar-refractivity contribution in [3.05, 3.63) is 35.5 Å². The van der Waals surface area contributed by atoms with E-state index in [0.717, 1.165) is 22.9 Å². The van der Waals surface area contributed by atoms with E-state index in [1.54, 1.807) is 0 Å². The molecule has 1 aromatic heterocycles. The minimum absolute atomic E-state index is 0.209. The Morgan fingerprint density at radius 3 is 2.94 bits per heavy atom. The summed E-state index contributed by atoms with van der Waals surface area (Å²) < 4.78 is 0. The molecule has 0 saturated carbocycles. The molecule has 17 heavy (non-hydrogen) atoms. The molecular formula is C12H16N4O. The van der Waals surface area contributed by atoms with E-state index >= 15 is 0 Å². The van der Waals surface area contributed by atoms with Crippen molar-refractivity contribution in [1.29, 1.82) is 0 Å². The van der Waals surface area contributed by atoms with Crippen molar-refractivity contribution in [2.45, 2.75) is 12.8 Å². The van der Waals surface area contributed by atoms with Gasteiger partial charge in [0.05, 0.1) is 0 Å². The summed E-state index contributed by atoms with van der Waals surface area (Å²) in [5, 5.41) is 12.7. The highest BCUT2D eigenvalue weighted by Gasteiger charge is 2.05. The Bertz CT molecular complexity index is 544. The summed E-state index contributed by atoms with van der Waals surface area (Å²) in [6.07, 6.45) is 3.26. The van der Waals surface area contributed by atoms with Gasteiger partial charge in [-0.25, -0.2) is 0 Å². The van der Waals surface area contributed by atoms with Gasteiger partial charge in [-0.15, -0.1) is 0 Å². The van der Waals surface area contributed by atoms with Crippen molar-refractivity contribution in [2.75, 3.05) is 6.54 Å². The lowest BCUT2D eigenvalue weighted by Gasteiger charge is -2.01. The van der Waals surface area contributed by atoms with Crippen molar-refractivity contribution in [3.8, 4) is 0 Å². The number of fused-ring (bicyclic) bond motifs is 1. The molecule has 0 aliphatic rings. The van der Waals surface area contributed by atoms with Crippen molar-refractivity contribution in [1.82, 2.24) is 4.98 Å². The molecule has 2 aromatic rings. The molecule has 0 atom stereocenters. The van der Waals surface area contributed by atoms with Crippen LogP contribution in [-0.2, 0) is 12.8 Å². The van der Waals surface area contributed by atoms with Crippen LogP contribution in [0.1, 0.15) is 11.1 Å². The third kappa shape index (κ3) is 2.39. The number of hydrogen-bond acceptors (Lipinski definition) is 3. The van der Waals surface area contributed by atoms with Crippen LogP contribution in [-0.4, -0.2) is 22.6 Å². The largest absolute Gasteiger partial charge is 0.409 e. The standard InChI is InChI=1S/C12H16N4O/c13-4-3-9-7-15-11-2-1-8(5-10(9)11)6-12(14)16-17/h1-2,5,7,15,17H,3-4,6,13H2,(H2,14,16). The zero-order valence-electron chi connectivity index (χ0n) is 9.48. The molecule has 0 aliphatic carbocycles. The number of nitrogens with two attached hydrogens (primary N) is 2. The molecule has 90 valence electrons. The summed E-state index contributed by atoms with van der Waals surface area (Å²) in [6.45, 7) is 0.622. The number of hydrogen-bond donors (Lipinski definition) is 4. The summed E-state index contributed by atoms with van der Waals surface area (Å²) in [7, 11) is 0. The second-order valence-electron chi connectivity index (χ2n) is 4.00. The van der Waals surface area contributed by atoms with Crippen LogP contribution in [0.15, 0.2) is 29.6 Å². The zero-order valence-corrected chi connectivity index (χ0v) is 9.48. The average molecular weight is 232 g/mol.